The van der Waals surface area contributed by atoms with Crippen LogP contribution in [0.3, 0.4) is 0 Å². The first-order chi connectivity index (χ1) is 7.63. The standard InChI is InChI=1S/C12H24O4/c1-4-7-8-15-9-10-16-12(5-2,6-3)11(13)14/h4-10H2,1-3H3,(H,13,14). The lowest BCUT2D eigenvalue weighted by Gasteiger charge is -2.26. The summed E-state index contributed by atoms with van der Waals surface area (Å²) in [5.41, 5.74) is -1.03. The summed E-state index contributed by atoms with van der Waals surface area (Å²) in [4.78, 5) is 11.1. The quantitative estimate of drug-likeness (QED) is 0.588. The molecule has 0 fully saturated rings. The zero-order valence-electron chi connectivity index (χ0n) is 10.6. The molecule has 0 aliphatic carbocycles. The first-order valence-electron chi connectivity index (χ1n) is 6.08. The Hall–Kier alpha value is -0.610. The normalized spacial score (nSPS) is 11.7. The molecule has 0 aromatic carbocycles. The van der Waals surface area contributed by atoms with E-state index in [0.29, 0.717) is 26.1 Å². The van der Waals surface area contributed by atoms with Crippen molar-refractivity contribution < 1.29 is 19.4 Å². The van der Waals surface area contributed by atoms with Crippen LogP contribution in [0.5, 0.6) is 0 Å². The number of carboxylic acids is 1. The van der Waals surface area contributed by atoms with Gasteiger partial charge in [0.15, 0.2) is 5.60 Å². The van der Waals surface area contributed by atoms with E-state index in [4.69, 9.17) is 14.6 Å². The minimum absolute atomic E-state index is 0.345. The molecule has 96 valence electrons. The van der Waals surface area contributed by atoms with E-state index in [0.717, 1.165) is 19.4 Å². The Morgan fingerprint density at radius 2 is 1.75 bits per heavy atom. The number of ether oxygens (including phenoxy) is 2. The SMILES string of the molecule is CCCCOCCOC(CC)(CC)C(=O)O. The monoisotopic (exact) mass is 232 g/mol. The molecule has 0 spiro atoms. The molecule has 1 N–H and O–H groups in total. The van der Waals surface area contributed by atoms with Crippen molar-refractivity contribution in [1.82, 2.24) is 0 Å². The van der Waals surface area contributed by atoms with Gasteiger partial charge in [-0.25, -0.2) is 4.79 Å². The zero-order valence-corrected chi connectivity index (χ0v) is 10.6. The fourth-order valence-corrected chi connectivity index (χ4v) is 1.46. The van der Waals surface area contributed by atoms with Crippen molar-refractivity contribution in [2.45, 2.75) is 52.1 Å². The van der Waals surface area contributed by atoms with Gasteiger partial charge in [0.2, 0.25) is 0 Å². The molecule has 4 heteroatoms. The molecule has 0 aromatic heterocycles. The lowest BCUT2D eigenvalue weighted by atomic mass is 9.97. The summed E-state index contributed by atoms with van der Waals surface area (Å²) >= 11 is 0. The van der Waals surface area contributed by atoms with Gasteiger partial charge in [-0.1, -0.05) is 27.2 Å². The van der Waals surface area contributed by atoms with Crippen molar-refractivity contribution in [3.8, 4) is 0 Å². The average Bonchev–Trinajstić information content (AvgIpc) is 2.28. The molecule has 0 saturated carbocycles. The van der Waals surface area contributed by atoms with E-state index < -0.39 is 11.6 Å². The fourth-order valence-electron chi connectivity index (χ4n) is 1.46. The van der Waals surface area contributed by atoms with Gasteiger partial charge in [0.25, 0.3) is 0 Å². The van der Waals surface area contributed by atoms with Gasteiger partial charge in [0.05, 0.1) is 13.2 Å². The Morgan fingerprint density at radius 3 is 2.19 bits per heavy atom. The fraction of sp³-hybridized carbons (Fsp3) is 0.917. The molecule has 0 bridgehead atoms. The third-order valence-electron chi connectivity index (χ3n) is 2.78. The highest BCUT2D eigenvalue weighted by Crippen LogP contribution is 2.20. The van der Waals surface area contributed by atoms with Crippen molar-refractivity contribution in [3.63, 3.8) is 0 Å². The number of hydrogen-bond donors (Lipinski definition) is 1. The van der Waals surface area contributed by atoms with Gasteiger partial charge in [0, 0.05) is 6.61 Å². The zero-order chi connectivity index (χ0) is 12.4. The number of carboxylic acid groups (broad SMARTS) is 1. The maximum Gasteiger partial charge on any atom is 0.335 e. The summed E-state index contributed by atoms with van der Waals surface area (Å²) in [5.74, 6) is -0.883. The van der Waals surface area contributed by atoms with E-state index in [1.165, 1.54) is 0 Å². The molecule has 0 aliphatic rings. The minimum atomic E-state index is -1.03. The highest BCUT2D eigenvalue weighted by molar-refractivity contribution is 5.77. The van der Waals surface area contributed by atoms with Crippen molar-refractivity contribution in [2.75, 3.05) is 19.8 Å². The second kappa shape index (κ2) is 8.53. The molecule has 0 heterocycles. The van der Waals surface area contributed by atoms with E-state index in [9.17, 15) is 4.79 Å². The number of aliphatic carboxylic acids is 1. The van der Waals surface area contributed by atoms with Gasteiger partial charge in [0.1, 0.15) is 0 Å². The van der Waals surface area contributed by atoms with Gasteiger partial charge in [-0.2, -0.15) is 0 Å². The van der Waals surface area contributed by atoms with Crippen LogP contribution in [0.15, 0.2) is 0 Å². The van der Waals surface area contributed by atoms with Crippen molar-refractivity contribution in [1.29, 1.82) is 0 Å². The summed E-state index contributed by atoms with van der Waals surface area (Å²) in [5, 5.41) is 9.10. The lowest BCUT2D eigenvalue weighted by Crippen LogP contribution is -2.41. The van der Waals surface area contributed by atoms with Crippen LogP contribution in [0.2, 0.25) is 0 Å². The smallest absolute Gasteiger partial charge is 0.335 e. The average molecular weight is 232 g/mol. The molecule has 0 rings (SSSR count). The molecule has 16 heavy (non-hydrogen) atoms. The highest BCUT2D eigenvalue weighted by Gasteiger charge is 2.35. The highest BCUT2D eigenvalue weighted by atomic mass is 16.6. The van der Waals surface area contributed by atoms with Gasteiger partial charge in [-0.05, 0) is 19.3 Å². The van der Waals surface area contributed by atoms with Crippen LogP contribution >= 0.6 is 0 Å². The Kier molecular flexibility index (Phi) is 8.21. The first kappa shape index (κ1) is 15.4. The van der Waals surface area contributed by atoms with Crippen molar-refractivity contribution in [2.24, 2.45) is 0 Å². The van der Waals surface area contributed by atoms with Crippen LogP contribution < -0.4 is 0 Å². The number of hydrogen-bond acceptors (Lipinski definition) is 3. The van der Waals surface area contributed by atoms with Crippen LogP contribution in [-0.4, -0.2) is 36.5 Å². The molecule has 0 aromatic rings. The largest absolute Gasteiger partial charge is 0.479 e. The van der Waals surface area contributed by atoms with Crippen LogP contribution in [-0.2, 0) is 14.3 Å². The van der Waals surface area contributed by atoms with Crippen LogP contribution in [0.1, 0.15) is 46.5 Å². The third-order valence-corrected chi connectivity index (χ3v) is 2.78. The van der Waals surface area contributed by atoms with Gasteiger partial charge < -0.3 is 14.6 Å². The summed E-state index contributed by atoms with van der Waals surface area (Å²) in [6.45, 7) is 7.29. The topological polar surface area (TPSA) is 55.8 Å². The van der Waals surface area contributed by atoms with Gasteiger partial charge in [-0.3, -0.25) is 0 Å². The predicted molar refractivity (Wildman–Crippen MR) is 62.6 cm³/mol. The Balaban J connectivity index is 3.81. The maximum absolute atomic E-state index is 11.1. The third kappa shape index (κ3) is 4.94. The molecule has 0 radical (unpaired) electrons. The molecule has 0 saturated heterocycles. The van der Waals surface area contributed by atoms with E-state index >= 15 is 0 Å². The number of carbonyl (C=O) groups is 1. The number of unbranched alkanes of at least 4 members (excludes halogenated alkanes) is 1. The molecule has 0 atom stereocenters. The van der Waals surface area contributed by atoms with Gasteiger partial charge in [-0.15, -0.1) is 0 Å². The molecule has 0 amide bonds. The van der Waals surface area contributed by atoms with Crippen LogP contribution in [0.4, 0.5) is 0 Å². The second-order valence-electron chi connectivity index (χ2n) is 3.82. The maximum atomic E-state index is 11.1. The van der Waals surface area contributed by atoms with Gasteiger partial charge >= 0.3 is 5.97 Å². The Labute approximate surface area is 97.9 Å². The second-order valence-corrected chi connectivity index (χ2v) is 3.82. The molecular weight excluding hydrogens is 208 g/mol. The minimum Gasteiger partial charge on any atom is -0.479 e. The van der Waals surface area contributed by atoms with Crippen molar-refractivity contribution >= 4 is 5.97 Å². The molecule has 0 unspecified atom stereocenters. The first-order valence-corrected chi connectivity index (χ1v) is 6.08. The molecule has 0 aliphatic heterocycles. The van der Waals surface area contributed by atoms with Crippen molar-refractivity contribution in [3.05, 3.63) is 0 Å². The Bertz CT molecular complexity index is 187. The summed E-state index contributed by atoms with van der Waals surface area (Å²) in [6, 6.07) is 0. The van der Waals surface area contributed by atoms with E-state index in [-0.39, 0.29) is 0 Å². The van der Waals surface area contributed by atoms with E-state index in [2.05, 4.69) is 6.92 Å². The summed E-state index contributed by atoms with van der Waals surface area (Å²) in [6.07, 6.45) is 3.09. The summed E-state index contributed by atoms with van der Waals surface area (Å²) < 4.78 is 10.8. The summed E-state index contributed by atoms with van der Waals surface area (Å²) in [7, 11) is 0. The molecular formula is C12H24O4. The van der Waals surface area contributed by atoms with E-state index in [1.54, 1.807) is 0 Å². The van der Waals surface area contributed by atoms with Crippen LogP contribution in [0, 0.1) is 0 Å². The Morgan fingerprint density at radius 1 is 1.12 bits per heavy atom. The number of rotatable bonds is 10. The van der Waals surface area contributed by atoms with Crippen LogP contribution in [0.25, 0.3) is 0 Å². The van der Waals surface area contributed by atoms with E-state index in [1.807, 2.05) is 13.8 Å². The lowest BCUT2D eigenvalue weighted by molar-refractivity contribution is -0.169. The predicted octanol–water partition coefficient (Wildman–Crippen LogP) is 2.46. The molecule has 4 nitrogen and oxygen atoms in total.